The van der Waals surface area contributed by atoms with Crippen molar-refractivity contribution in [3.8, 4) is 17.2 Å². The van der Waals surface area contributed by atoms with Crippen molar-refractivity contribution >= 4 is 17.7 Å². The van der Waals surface area contributed by atoms with Crippen LogP contribution in [-0.2, 0) is 4.74 Å². The summed E-state index contributed by atoms with van der Waals surface area (Å²) in [5.74, 6) is 1.32. The molecule has 2 amide bonds. The third kappa shape index (κ3) is 6.10. The first-order valence-corrected chi connectivity index (χ1v) is 8.15. The summed E-state index contributed by atoms with van der Waals surface area (Å²) in [5, 5.41) is 5.31. The summed E-state index contributed by atoms with van der Waals surface area (Å²) in [4.78, 5) is 23.4. The normalized spacial score (nSPS) is 9.89. The summed E-state index contributed by atoms with van der Waals surface area (Å²) in [7, 11) is 4.41. The molecule has 2 aromatic carbocycles. The van der Waals surface area contributed by atoms with Crippen LogP contribution in [0.4, 0.5) is 10.5 Å². The molecular weight excluding hydrogens is 352 g/mol. The summed E-state index contributed by atoms with van der Waals surface area (Å²) >= 11 is 0. The first kappa shape index (κ1) is 19.9. The van der Waals surface area contributed by atoms with Crippen LogP contribution < -0.4 is 24.8 Å². The lowest BCUT2D eigenvalue weighted by Gasteiger charge is -2.11. The lowest BCUT2D eigenvalue weighted by Crippen LogP contribution is -2.32. The van der Waals surface area contributed by atoms with Gasteiger partial charge in [-0.15, -0.1) is 0 Å². The average Bonchev–Trinajstić information content (AvgIpc) is 2.70. The molecule has 0 aliphatic rings. The van der Waals surface area contributed by atoms with Crippen molar-refractivity contribution in [1.29, 1.82) is 0 Å². The Hall–Kier alpha value is -3.42. The number of anilines is 1. The second kappa shape index (κ2) is 9.91. The molecule has 0 atom stereocenters. The minimum atomic E-state index is -0.471. The van der Waals surface area contributed by atoms with Gasteiger partial charge in [-0.2, -0.15) is 0 Å². The second-order valence-corrected chi connectivity index (χ2v) is 5.35. The lowest BCUT2D eigenvalue weighted by atomic mass is 10.2. The molecule has 0 saturated heterocycles. The van der Waals surface area contributed by atoms with Gasteiger partial charge in [-0.05, 0) is 18.2 Å². The number of rotatable bonds is 8. The van der Waals surface area contributed by atoms with Gasteiger partial charge in [0.2, 0.25) is 0 Å². The third-order valence-corrected chi connectivity index (χ3v) is 3.52. The number of methoxy groups -OCH3 is 3. The maximum atomic E-state index is 11.9. The number of benzene rings is 2. The summed E-state index contributed by atoms with van der Waals surface area (Å²) in [6.45, 7) is 0.536. The summed E-state index contributed by atoms with van der Waals surface area (Å²) in [6, 6.07) is 11.2. The summed E-state index contributed by atoms with van der Waals surface area (Å²) in [6.07, 6.45) is 0. The van der Waals surface area contributed by atoms with E-state index in [9.17, 15) is 9.59 Å². The van der Waals surface area contributed by atoms with Crippen LogP contribution in [0.25, 0.3) is 0 Å². The van der Waals surface area contributed by atoms with E-state index >= 15 is 0 Å². The predicted molar refractivity (Wildman–Crippen MR) is 99.8 cm³/mol. The molecule has 0 spiro atoms. The molecule has 0 bridgehead atoms. The van der Waals surface area contributed by atoms with Crippen molar-refractivity contribution in [3.05, 3.63) is 48.0 Å². The molecule has 0 fully saturated rings. The van der Waals surface area contributed by atoms with Gasteiger partial charge in [0.1, 0.15) is 23.9 Å². The van der Waals surface area contributed by atoms with Crippen molar-refractivity contribution in [2.24, 2.45) is 0 Å². The van der Waals surface area contributed by atoms with Gasteiger partial charge in [0.05, 0.1) is 33.4 Å². The minimum Gasteiger partial charge on any atom is -0.496 e. The molecule has 0 aliphatic carbocycles. The Morgan fingerprint density at radius 1 is 0.926 bits per heavy atom. The van der Waals surface area contributed by atoms with Crippen LogP contribution in [0.1, 0.15) is 10.4 Å². The van der Waals surface area contributed by atoms with E-state index < -0.39 is 12.0 Å². The third-order valence-electron chi connectivity index (χ3n) is 3.52. The monoisotopic (exact) mass is 374 g/mol. The smallest absolute Gasteiger partial charge is 0.337 e. The van der Waals surface area contributed by atoms with Crippen LogP contribution in [0.3, 0.4) is 0 Å². The van der Waals surface area contributed by atoms with E-state index in [-0.39, 0.29) is 13.2 Å². The Labute approximate surface area is 157 Å². The van der Waals surface area contributed by atoms with E-state index in [1.54, 1.807) is 50.6 Å². The molecule has 0 saturated carbocycles. The van der Waals surface area contributed by atoms with Gasteiger partial charge in [0, 0.05) is 23.9 Å². The highest BCUT2D eigenvalue weighted by Crippen LogP contribution is 2.27. The molecule has 0 heterocycles. The van der Waals surface area contributed by atoms with Gasteiger partial charge in [-0.1, -0.05) is 6.07 Å². The SMILES string of the molecule is COC(=O)c1cccc(NC(=O)NCCOc2cc(OC)cc(OC)c2)c1. The first-order chi connectivity index (χ1) is 13.0. The lowest BCUT2D eigenvalue weighted by molar-refractivity contribution is 0.0600. The maximum Gasteiger partial charge on any atom is 0.337 e. The Bertz CT molecular complexity index is 771. The van der Waals surface area contributed by atoms with Gasteiger partial charge < -0.3 is 29.6 Å². The fourth-order valence-electron chi connectivity index (χ4n) is 2.22. The first-order valence-electron chi connectivity index (χ1n) is 8.15. The summed E-state index contributed by atoms with van der Waals surface area (Å²) < 4.78 is 20.6. The highest BCUT2D eigenvalue weighted by molar-refractivity contribution is 5.93. The molecule has 2 aromatic rings. The Morgan fingerprint density at radius 3 is 2.22 bits per heavy atom. The van der Waals surface area contributed by atoms with Gasteiger partial charge in [-0.3, -0.25) is 0 Å². The van der Waals surface area contributed by atoms with Crippen LogP contribution in [0.2, 0.25) is 0 Å². The van der Waals surface area contributed by atoms with Crippen LogP contribution >= 0.6 is 0 Å². The van der Waals surface area contributed by atoms with Crippen LogP contribution in [0.15, 0.2) is 42.5 Å². The van der Waals surface area contributed by atoms with Crippen LogP contribution in [0, 0.1) is 0 Å². The highest BCUT2D eigenvalue weighted by Gasteiger charge is 2.08. The highest BCUT2D eigenvalue weighted by atomic mass is 16.5. The standard InChI is InChI=1S/C19H22N2O6/c1-24-15-10-16(25-2)12-17(11-15)27-8-7-20-19(23)21-14-6-4-5-13(9-14)18(22)26-3/h4-6,9-12H,7-8H2,1-3H3,(H2,20,21,23). The molecule has 27 heavy (non-hydrogen) atoms. The summed E-state index contributed by atoms with van der Waals surface area (Å²) in [5.41, 5.74) is 0.833. The second-order valence-electron chi connectivity index (χ2n) is 5.35. The quantitative estimate of drug-likeness (QED) is 0.545. The van der Waals surface area contributed by atoms with Gasteiger partial charge in [0.15, 0.2) is 0 Å². The minimum absolute atomic E-state index is 0.256. The fraction of sp³-hybridized carbons (Fsp3) is 0.263. The zero-order chi connectivity index (χ0) is 19.6. The molecule has 2 N–H and O–H groups in total. The van der Waals surface area contributed by atoms with E-state index in [0.717, 1.165) is 0 Å². The molecule has 8 nitrogen and oxygen atoms in total. The fourth-order valence-corrected chi connectivity index (χ4v) is 2.22. The Balaban J connectivity index is 1.81. The number of esters is 1. The number of hydrogen-bond acceptors (Lipinski definition) is 6. The van der Waals surface area contributed by atoms with Crippen LogP contribution in [0.5, 0.6) is 17.2 Å². The molecule has 0 unspecified atom stereocenters. The number of carbonyl (C=O) groups excluding carboxylic acids is 2. The average molecular weight is 374 g/mol. The molecule has 0 aromatic heterocycles. The largest absolute Gasteiger partial charge is 0.496 e. The van der Waals surface area contributed by atoms with E-state index in [1.165, 1.54) is 13.2 Å². The molecule has 0 aliphatic heterocycles. The topological polar surface area (TPSA) is 95.1 Å². The maximum absolute atomic E-state index is 11.9. The molecule has 2 rings (SSSR count). The molecule has 144 valence electrons. The van der Waals surface area contributed by atoms with Crippen molar-refractivity contribution in [1.82, 2.24) is 5.32 Å². The Morgan fingerprint density at radius 2 is 1.59 bits per heavy atom. The predicted octanol–water partition coefficient (Wildman–Crippen LogP) is 2.69. The molecule has 0 radical (unpaired) electrons. The van der Waals surface area contributed by atoms with Gasteiger partial charge >= 0.3 is 12.0 Å². The van der Waals surface area contributed by atoms with Crippen molar-refractivity contribution in [2.75, 3.05) is 39.8 Å². The van der Waals surface area contributed by atoms with Crippen molar-refractivity contribution in [2.45, 2.75) is 0 Å². The number of hydrogen-bond donors (Lipinski definition) is 2. The van der Waals surface area contributed by atoms with Crippen molar-refractivity contribution in [3.63, 3.8) is 0 Å². The van der Waals surface area contributed by atoms with E-state index in [2.05, 4.69) is 15.4 Å². The number of urea groups is 1. The molecular formula is C19H22N2O6. The zero-order valence-electron chi connectivity index (χ0n) is 15.4. The number of carbonyl (C=O) groups is 2. The number of amides is 2. The van der Waals surface area contributed by atoms with E-state index in [0.29, 0.717) is 28.5 Å². The van der Waals surface area contributed by atoms with Crippen LogP contribution in [-0.4, -0.2) is 46.5 Å². The molecule has 8 heteroatoms. The number of ether oxygens (including phenoxy) is 4. The van der Waals surface area contributed by atoms with Gasteiger partial charge in [-0.25, -0.2) is 9.59 Å². The van der Waals surface area contributed by atoms with Crippen molar-refractivity contribution < 1.29 is 28.5 Å². The Kier molecular flexibility index (Phi) is 7.30. The number of nitrogens with one attached hydrogen (secondary N) is 2. The van der Waals surface area contributed by atoms with E-state index in [1.807, 2.05) is 0 Å². The van der Waals surface area contributed by atoms with E-state index in [4.69, 9.17) is 14.2 Å². The van der Waals surface area contributed by atoms with Gasteiger partial charge in [0.25, 0.3) is 0 Å². The zero-order valence-corrected chi connectivity index (χ0v) is 15.4.